The van der Waals surface area contributed by atoms with E-state index in [0.29, 0.717) is 17.3 Å². The fourth-order valence-electron chi connectivity index (χ4n) is 2.27. The summed E-state index contributed by atoms with van der Waals surface area (Å²) in [6.07, 6.45) is 1.02. The average molecular weight is 229 g/mol. The quantitative estimate of drug-likeness (QED) is 0.727. The van der Waals surface area contributed by atoms with Crippen LogP contribution < -0.4 is 5.73 Å². The van der Waals surface area contributed by atoms with Crippen molar-refractivity contribution in [1.29, 1.82) is 0 Å². The number of hydrogen-bond donors (Lipinski definition) is 1. The summed E-state index contributed by atoms with van der Waals surface area (Å²) in [5.41, 5.74) is 9.02. The molecule has 0 fully saturated rings. The third-order valence-corrected chi connectivity index (χ3v) is 3.18. The predicted octanol–water partition coefficient (Wildman–Crippen LogP) is 0.903. The second-order valence-corrected chi connectivity index (χ2v) is 4.61. The summed E-state index contributed by atoms with van der Waals surface area (Å²) in [5.74, 6) is 1.20. The van der Waals surface area contributed by atoms with E-state index >= 15 is 0 Å². The van der Waals surface area contributed by atoms with Crippen LogP contribution in [0.3, 0.4) is 0 Å². The minimum absolute atomic E-state index is 0.529. The van der Waals surface area contributed by atoms with Gasteiger partial charge in [0.05, 0.1) is 11.1 Å². The Bertz CT molecular complexity index is 593. The summed E-state index contributed by atoms with van der Waals surface area (Å²) in [4.78, 5) is 15.4. The van der Waals surface area contributed by atoms with Gasteiger partial charge in [-0.15, -0.1) is 0 Å². The number of nitrogens with zero attached hydrogens (tertiary/aromatic N) is 4. The fraction of sp³-hybridized carbons (Fsp3) is 0.417. The van der Waals surface area contributed by atoms with Crippen molar-refractivity contribution >= 4 is 16.9 Å². The molecule has 0 saturated carbocycles. The van der Waals surface area contributed by atoms with Crippen molar-refractivity contribution in [2.24, 2.45) is 0 Å². The van der Waals surface area contributed by atoms with Gasteiger partial charge in [-0.25, -0.2) is 15.0 Å². The van der Waals surface area contributed by atoms with Gasteiger partial charge in [-0.05, 0) is 32.0 Å². The molecule has 1 aliphatic rings. The van der Waals surface area contributed by atoms with E-state index in [1.807, 2.05) is 6.92 Å². The molecule has 0 amide bonds. The molecule has 0 aromatic carbocycles. The van der Waals surface area contributed by atoms with Crippen LogP contribution in [0.1, 0.15) is 17.1 Å². The molecule has 2 aromatic rings. The largest absolute Gasteiger partial charge is 0.383 e. The molecule has 0 radical (unpaired) electrons. The molecule has 17 heavy (non-hydrogen) atoms. The topological polar surface area (TPSA) is 67.9 Å². The minimum atomic E-state index is 0.529. The van der Waals surface area contributed by atoms with Crippen LogP contribution in [0.15, 0.2) is 6.07 Å². The zero-order valence-corrected chi connectivity index (χ0v) is 10.1. The molecule has 5 heteroatoms. The lowest BCUT2D eigenvalue weighted by atomic mass is 10.0. The molecule has 2 aromatic heterocycles. The predicted molar refractivity (Wildman–Crippen MR) is 66.5 cm³/mol. The minimum Gasteiger partial charge on any atom is -0.383 e. The van der Waals surface area contributed by atoms with Crippen LogP contribution in [-0.2, 0) is 13.0 Å². The van der Waals surface area contributed by atoms with Crippen molar-refractivity contribution in [2.75, 3.05) is 19.3 Å². The van der Waals surface area contributed by atoms with Crippen molar-refractivity contribution < 1.29 is 0 Å². The van der Waals surface area contributed by atoms with Crippen LogP contribution in [0.4, 0.5) is 5.82 Å². The van der Waals surface area contributed by atoms with Gasteiger partial charge in [-0.2, -0.15) is 0 Å². The highest BCUT2D eigenvalue weighted by atomic mass is 15.1. The number of hydrogen-bond acceptors (Lipinski definition) is 5. The standard InChI is InChI=1S/C12H15N5/c1-7-14-11(13)9-5-8-3-4-17(2)6-10(8)16-12(9)15-7/h5H,3-4,6H2,1-2H3,(H2,13,14,15,16). The summed E-state index contributed by atoms with van der Waals surface area (Å²) >= 11 is 0. The number of anilines is 1. The first-order valence-corrected chi connectivity index (χ1v) is 5.74. The maximum Gasteiger partial charge on any atom is 0.165 e. The molecule has 2 N–H and O–H groups in total. The maximum atomic E-state index is 5.92. The molecule has 0 atom stereocenters. The second kappa shape index (κ2) is 3.63. The monoisotopic (exact) mass is 229 g/mol. The lowest BCUT2D eigenvalue weighted by Crippen LogP contribution is -2.27. The van der Waals surface area contributed by atoms with Gasteiger partial charge in [0.1, 0.15) is 11.6 Å². The molecule has 3 rings (SSSR count). The Morgan fingerprint density at radius 1 is 1.29 bits per heavy atom. The zero-order valence-electron chi connectivity index (χ0n) is 10.1. The molecule has 0 aliphatic carbocycles. The highest BCUT2D eigenvalue weighted by Crippen LogP contribution is 2.23. The molecule has 1 aliphatic heterocycles. The molecule has 0 bridgehead atoms. The summed E-state index contributed by atoms with van der Waals surface area (Å²) in [6.45, 7) is 3.78. The smallest absolute Gasteiger partial charge is 0.165 e. The fourth-order valence-corrected chi connectivity index (χ4v) is 2.27. The van der Waals surface area contributed by atoms with Gasteiger partial charge in [0.25, 0.3) is 0 Å². The van der Waals surface area contributed by atoms with Gasteiger partial charge in [0.2, 0.25) is 0 Å². The van der Waals surface area contributed by atoms with E-state index in [4.69, 9.17) is 5.73 Å². The number of rotatable bonds is 0. The van der Waals surface area contributed by atoms with E-state index < -0.39 is 0 Å². The number of nitrogens with two attached hydrogens (primary N) is 1. The van der Waals surface area contributed by atoms with E-state index in [2.05, 4.69) is 33.0 Å². The van der Waals surface area contributed by atoms with Gasteiger partial charge in [0.15, 0.2) is 5.65 Å². The number of pyridine rings is 1. The molecule has 0 spiro atoms. The van der Waals surface area contributed by atoms with Gasteiger partial charge in [-0.1, -0.05) is 0 Å². The SMILES string of the molecule is Cc1nc(N)c2cc3c(nc2n1)CN(C)CC3. The molecular formula is C12H15N5. The second-order valence-electron chi connectivity index (χ2n) is 4.61. The Morgan fingerprint density at radius 2 is 2.12 bits per heavy atom. The van der Waals surface area contributed by atoms with Crippen LogP contribution in [0.25, 0.3) is 11.0 Å². The first-order valence-electron chi connectivity index (χ1n) is 5.74. The maximum absolute atomic E-state index is 5.92. The lowest BCUT2D eigenvalue weighted by molar-refractivity contribution is 0.308. The molecule has 88 valence electrons. The Kier molecular flexibility index (Phi) is 2.22. The summed E-state index contributed by atoms with van der Waals surface area (Å²) in [6, 6.07) is 2.10. The van der Waals surface area contributed by atoms with Crippen LogP contribution >= 0.6 is 0 Å². The first kappa shape index (κ1) is 10.4. The van der Waals surface area contributed by atoms with E-state index in [1.54, 1.807) is 0 Å². The van der Waals surface area contributed by atoms with Crippen molar-refractivity contribution in [2.45, 2.75) is 19.9 Å². The van der Waals surface area contributed by atoms with Crippen LogP contribution in [0.2, 0.25) is 0 Å². The molecule has 5 nitrogen and oxygen atoms in total. The molecule has 0 unspecified atom stereocenters. The lowest BCUT2D eigenvalue weighted by Gasteiger charge is -2.24. The number of fused-ring (bicyclic) bond motifs is 2. The summed E-state index contributed by atoms with van der Waals surface area (Å²) in [5, 5.41) is 0.874. The van der Waals surface area contributed by atoms with Crippen LogP contribution in [0.5, 0.6) is 0 Å². The highest BCUT2D eigenvalue weighted by molar-refractivity contribution is 5.86. The van der Waals surface area contributed by atoms with E-state index in [0.717, 1.165) is 30.6 Å². The summed E-state index contributed by atoms with van der Waals surface area (Å²) < 4.78 is 0. The van der Waals surface area contributed by atoms with Crippen LogP contribution in [0, 0.1) is 6.92 Å². The van der Waals surface area contributed by atoms with E-state index in [-0.39, 0.29) is 0 Å². The molecule has 0 saturated heterocycles. The molecule has 3 heterocycles. The third-order valence-electron chi connectivity index (χ3n) is 3.18. The number of aryl methyl sites for hydroxylation is 1. The number of nitrogen functional groups attached to an aromatic ring is 1. The average Bonchev–Trinajstić information content (AvgIpc) is 2.26. The van der Waals surface area contributed by atoms with Gasteiger partial charge in [0, 0.05) is 13.1 Å². The summed E-state index contributed by atoms with van der Waals surface area (Å²) in [7, 11) is 2.11. The van der Waals surface area contributed by atoms with Crippen molar-refractivity contribution in [3.8, 4) is 0 Å². The zero-order chi connectivity index (χ0) is 12.0. The van der Waals surface area contributed by atoms with Gasteiger partial charge < -0.3 is 10.6 Å². The van der Waals surface area contributed by atoms with Gasteiger partial charge in [-0.3, -0.25) is 0 Å². The first-order chi connectivity index (χ1) is 8.13. The normalized spacial score (nSPS) is 16.1. The molecular weight excluding hydrogens is 214 g/mol. The van der Waals surface area contributed by atoms with E-state index in [9.17, 15) is 0 Å². The van der Waals surface area contributed by atoms with Crippen molar-refractivity contribution in [1.82, 2.24) is 19.9 Å². The Balaban J connectivity index is 2.25. The Labute approximate surface area is 99.7 Å². The Morgan fingerprint density at radius 3 is 2.94 bits per heavy atom. The van der Waals surface area contributed by atoms with Crippen molar-refractivity contribution in [3.63, 3.8) is 0 Å². The number of aromatic nitrogens is 3. The third kappa shape index (κ3) is 1.72. The van der Waals surface area contributed by atoms with Crippen molar-refractivity contribution in [3.05, 3.63) is 23.1 Å². The highest BCUT2D eigenvalue weighted by Gasteiger charge is 2.16. The van der Waals surface area contributed by atoms with E-state index in [1.165, 1.54) is 5.56 Å². The number of likely N-dealkylation sites (N-methyl/N-ethyl adjacent to an activating group) is 1. The Hall–Kier alpha value is -1.75. The van der Waals surface area contributed by atoms with Gasteiger partial charge >= 0.3 is 0 Å². The van der Waals surface area contributed by atoms with Crippen LogP contribution in [-0.4, -0.2) is 33.4 Å².